The van der Waals surface area contributed by atoms with Gasteiger partial charge in [0.1, 0.15) is 0 Å². The van der Waals surface area contributed by atoms with E-state index in [1.54, 1.807) is 11.8 Å². The van der Waals surface area contributed by atoms with Crippen molar-refractivity contribution in [2.75, 3.05) is 20.1 Å². The number of likely N-dealkylation sites (N-methyl/N-ethyl adjacent to an activating group) is 1. The van der Waals surface area contributed by atoms with Gasteiger partial charge in [0.05, 0.1) is 0 Å². The summed E-state index contributed by atoms with van der Waals surface area (Å²) in [6.07, 6.45) is 1.09. The summed E-state index contributed by atoms with van der Waals surface area (Å²) in [6, 6.07) is 0.428. The molecule has 1 N–H and O–H groups in total. The molecule has 0 bridgehead atoms. The van der Waals surface area contributed by atoms with Gasteiger partial charge in [0, 0.05) is 26.6 Å². The summed E-state index contributed by atoms with van der Waals surface area (Å²) in [7, 11) is 1.86. The number of nitrogens with zero attached hydrogens (tertiary/aromatic N) is 1. The number of rotatable bonds is 1. The van der Waals surface area contributed by atoms with Gasteiger partial charge in [0.25, 0.3) is 0 Å². The molecule has 0 aromatic heterocycles. The van der Waals surface area contributed by atoms with Crippen molar-refractivity contribution >= 4 is 5.91 Å². The van der Waals surface area contributed by atoms with Crippen molar-refractivity contribution in [2.24, 2.45) is 0 Å². The Bertz CT molecular complexity index is 130. The smallest absolute Gasteiger partial charge is 0.219 e. The predicted octanol–water partition coefficient (Wildman–Crippen LogP) is -0.173. The highest BCUT2D eigenvalue weighted by atomic mass is 16.2. The summed E-state index contributed by atoms with van der Waals surface area (Å²) >= 11 is 0. The number of hydrogen-bond donors (Lipinski definition) is 1. The molecule has 0 saturated carbocycles. The molecule has 0 spiro atoms. The zero-order valence-electron chi connectivity index (χ0n) is 6.55. The average Bonchev–Trinajstić information content (AvgIpc) is 2.36. The monoisotopic (exact) mass is 142 g/mol. The van der Waals surface area contributed by atoms with E-state index in [0.29, 0.717) is 6.04 Å². The third-order valence-electron chi connectivity index (χ3n) is 2.08. The fourth-order valence-corrected chi connectivity index (χ4v) is 1.23. The summed E-state index contributed by atoms with van der Waals surface area (Å²) in [6.45, 7) is 3.61. The molecule has 0 aromatic carbocycles. The van der Waals surface area contributed by atoms with Crippen molar-refractivity contribution in [1.29, 1.82) is 0 Å². The highest BCUT2D eigenvalue weighted by Crippen LogP contribution is 2.05. The molecule has 3 nitrogen and oxygen atoms in total. The summed E-state index contributed by atoms with van der Waals surface area (Å²) in [5, 5.41) is 3.21. The summed E-state index contributed by atoms with van der Waals surface area (Å²) in [5.41, 5.74) is 0. The van der Waals surface area contributed by atoms with Gasteiger partial charge in [-0.1, -0.05) is 0 Å². The molecule has 1 rings (SSSR count). The van der Waals surface area contributed by atoms with E-state index in [2.05, 4.69) is 5.32 Å². The lowest BCUT2D eigenvalue weighted by molar-refractivity contribution is -0.129. The molecule has 58 valence electrons. The van der Waals surface area contributed by atoms with E-state index in [4.69, 9.17) is 0 Å². The molecule has 3 heteroatoms. The Kier molecular flexibility index (Phi) is 2.27. The quantitative estimate of drug-likeness (QED) is 0.551. The molecular formula is C7H14N2O. The molecule has 10 heavy (non-hydrogen) atoms. The minimum Gasteiger partial charge on any atom is -0.342 e. The van der Waals surface area contributed by atoms with Gasteiger partial charge in [-0.25, -0.2) is 0 Å². The van der Waals surface area contributed by atoms with Crippen LogP contribution in [0.2, 0.25) is 0 Å². The molecule has 1 amide bonds. The fraction of sp³-hybridized carbons (Fsp3) is 0.857. The normalized spacial score (nSPS) is 24.8. The molecule has 0 aromatic rings. The van der Waals surface area contributed by atoms with Crippen molar-refractivity contribution in [2.45, 2.75) is 19.4 Å². The van der Waals surface area contributed by atoms with E-state index in [1.165, 1.54) is 0 Å². The third kappa shape index (κ3) is 1.48. The maximum absolute atomic E-state index is 10.8. The fourth-order valence-electron chi connectivity index (χ4n) is 1.23. The van der Waals surface area contributed by atoms with Crippen LogP contribution in [0.1, 0.15) is 13.3 Å². The Morgan fingerprint density at radius 1 is 1.70 bits per heavy atom. The van der Waals surface area contributed by atoms with Crippen LogP contribution in [0.25, 0.3) is 0 Å². The molecule has 0 unspecified atom stereocenters. The Morgan fingerprint density at radius 3 is 2.80 bits per heavy atom. The number of nitrogens with one attached hydrogen (secondary N) is 1. The van der Waals surface area contributed by atoms with Crippen LogP contribution in [-0.4, -0.2) is 37.0 Å². The van der Waals surface area contributed by atoms with Crippen LogP contribution < -0.4 is 5.32 Å². The first-order valence-corrected chi connectivity index (χ1v) is 3.66. The van der Waals surface area contributed by atoms with Gasteiger partial charge in [0.2, 0.25) is 5.91 Å². The van der Waals surface area contributed by atoms with Crippen LogP contribution in [0.3, 0.4) is 0 Å². The van der Waals surface area contributed by atoms with Crippen LogP contribution in [0.5, 0.6) is 0 Å². The molecule has 1 saturated heterocycles. The molecular weight excluding hydrogens is 128 g/mol. The van der Waals surface area contributed by atoms with Gasteiger partial charge in [-0.05, 0) is 13.0 Å². The molecule has 1 aliphatic rings. The Balaban J connectivity index is 2.39. The highest BCUT2D eigenvalue weighted by Gasteiger charge is 2.20. The zero-order valence-corrected chi connectivity index (χ0v) is 6.55. The third-order valence-corrected chi connectivity index (χ3v) is 2.08. The maximum atomic E-state index is 10.8. The number of hydrogen-bond acceptors (Lipinski definition) is 2. The summed E-state index contributed by atoms with van der Waals surface area (Å²) in [5.74, 6) is 0.161. The first kappa shape index (κ1) is 7.54. The molecule has 1 aliphatic heterocycles. The Labute approximate surface area is 61.4 Å². The van der Waals surface area contributed by atoms with E-state index in [9.17, 15) is 4.79 Å². The van der Waals surface area contributed by atoms with E-state index in [0.717, 1.165) is 19.5 Å². The lowest BCUT2D eigenvalue weighted by Crippen LogP contribution is -2.36. The maximum Gasteiger partial charge on any atom is 0.219 e. The van der Waals surface area contributed by atoms with Crippen molar-refractivity contribution in [3.63, 3.8) is 0 Å². The topological polar surface area (TPSA) is 32.3 Å². The van der Waals surface area contributed by atoms with Crippen LogP contribution in [0.4, 0.5) is 0 Å². The number of carbonyl (C=O) groups excluding carboxylic acids is 1. The van der Waals surface area contributed by atoms with Crippen LogP contribution in [0, 0.1) is 0 Å². The number of carbonyl (C=O) groups is 1. The van der Waals surface area contributed by atoms with Crippen LogP contribution in [-0.2, 0) is 4.79 Å². The predicted molar refractivity (Wildman–Crippen MR) is 39.7 cm³/mol. The van der Waals surface area contributed by atoms with Crippen molar-refractivity contribution < 1.29 is 4.79 Å². The molecule has 0 aliphatic carbocycles. The standard InChI is InChI=1S/C7H14N2O/c1-6(10)9(2)7-3-4-8-5-7/h7-8H,3-5H2,1-2H3/t7-/m0/s1. The van der Waals surface area contributed by atoms with Gasteiger partial charge in [-0.3, -0.25) is 4.79 Å². The minimum absolute atomic E-state index is 0.161. The second kappa shape index (κ2) is 3.01. The zero-order chi connectivity index (χ0) is 7.56. The Morgan fingerprint density at radius 2 is 2.40 bits per heavy atom. The largest absolute Gasteiger partial charge is 0.342 e. The van der Waals surface area contributed by atoms with E-state index >= 15 is 0 Å². The molecule has 1 atom stereocenters. The van der Waals surface area contributed by atoms with Gasteiger partial charge >= 0.3 is 0 Å². The van der Waals surface area contributed by atoms with Crippen molar-refractivity contribution in [3.8, 4) is 0 Å². The van der Waals surface area contributed by atoms with Gasteiger partial charge in [-0.15, -0.1) is 0 Å². The van der Waals surface area contributed by atoms with Gasteiger partial charge < -0.3 is 10.2 Å². The van der Waals surface area contributed by atoms with Gasteiger partial charge in [0.15, 0.2) is 0 Å². The first-order valence-electron chi connectivity index (χ1n) is 3.66. The summed E-state index contributed by atoms with van der Waals surface area (Å²) in [4.78, 5) is 12.6. The number of amides is 1. The van der Waals surface area contributed by atoms with Gasteiger partial charge in [-0.2, -0.15) is 0 Å². The van der Waals surface area contributed by atoms with E-state index in [-0.39, 0.29) is 5.91 Å². The average molecular weight is 142 g/mol. The minimum atomic E-state index is 0.161. The lowest BCUT2D eigenvalue weighted by Gasteiger charge is -2.21. The second-order valence-electron chi connectivity index (χ2n) is 2.78. The second-order valence-corrected chi connectivity index (χ2v) is 2.78. The molecule has 0 radical (unpaired) electrons. The van der Waals surface area contributed by atoms with Crippen molar-refractivity contribution in [3.05, 3.63) is 0 Å². The Hall–Kier alpha value is -0.570. The summed E-state index contributed by atoms with van der Waals surface area (Å²) < 4.78 is 0. The lowest BCUT2D eigenvalue weighted by atomic mass is 10.2. The first-order chi connectivity index (χ1) is 4.72. The van der Waals surface area contributed by atoms with Crippen LogP contribution >= 0.6 is 0 Å². The van der Waals surface area contributed by atoms with Crippen molar-refractivity contribution in [1.82, 2.24) is 10.2 Å². The van der Waals surface area contributed by atoms with E-state index < -0.39 is 0 Å². The SMILES string of the molecule is CC(=O)N(C)[C@H]1CCNC1. The highest BCUT2D eigenvalue weighted by molar-refractivity contribution is 5.73. The van der Waals surface area contributed by atoms with Crippen LogP contribution in [0.15, 0.2) is 0 Å². The molecule has 1 fully saturated rings. The van der Waals surface area contributed by atoms with E-state index in [1.807, 2.05) is 7.05 Å². The molecule has 1 heterocycles.